The van der Waals surface area contributed by atoms with Crippen LogP contribution in [0.15, 0.2) is 35.1 Å². The minimum atomic E-state index is -0.674. The van der Waals surface area contributed by atoms with Gasteiger partial charge in [-0.2, -0.15) is 10.2 Å². The van der Waals surface area contributed by atoms with Gasteiger partial charge in [-0.3, -0.25) is 9.59 Å². The van der Waals surface area contributed by atoms with E-state index in [0.29, 0.717) is 42.8 Å². The zero-order valence-electron chi connectivity index (χ0n) is 18.0. The molecule has 3 aromatic rings. The fourth-order valence-corrected chi connectivity index (χ4v) is 3.53. The summed E-state index contributed by atoms with van der Waals surface area (Å²) in [5.41, 5.74) is 2.48. The van der Waals surface area contributed by atoms with Crippen LogP contribution in [0, 0.1) is 13.8 Å². The van der Waals surface area contributed by atoms with Crippen molar-refractivity contribution in [1.82, 2.24) is 24.9 Å². The molecule has 0 aliphatic carbocycles. The summed E-state index contributed by atoms with van der Waals surface area (Å²) >= 11 is 0. The molecule has 0 spiro atoms. The fourth-order valence-electron chi connectivity index (χ4n) is 3.53. The lowest BCUT2D eigenvalue weighted by atomic mass is 10.2. The van der Waals surface area contributed by atoms with Gasteiger partial charge in [0.25, 0.3) is 5.56 Å². The number of carbonyl (C=O) groups is 1. The molecule has 0 fully saturated rings. The van der Waals surface area contributed by atoms with E-state index in [1.165, 1.54) is 4.68 Å². The number of amides is 1. The van der Waals surface area contributed by atoms with Crippen molar-refractivity contribution >= 4 is 16.8 Å². The highest BCUT2D eigenvalue weighted by Crippen LogP contribution is 2.21. The van der Waals surface area contributed by atoms with Gasteiger partial charge in [0, 0.05) is 19.8 Å². The van der Waals surface area contributed by atoms with Gasteiger partial charge in [0.1, 0.15) is 11.6 Å². The van der Waals surface area contributed by atoms with E-state index in [1.807, 2.05) is 58.0 Å². The highest BCUT2D eigenvalue weighted by atomic mass is 16.5. The predicted octanol–water partition coefficient (Wildman–Crippen LogP) is 2.69. The molecule has 1 amide bonds. The van der Waals surface area contributed by atoms with Gasteiger partial charge >= 0.3 is 0 Å². The first kappa shape index (κ1) is 21.7. The van der Waals surface area contributed by atoms with Crippen LogP contribution in [0.5, 0.6) is 0 Å². The number of hydrogen-bond acceptors (Lipinski definition) is 5. The Labute approximate surface area is 175 Å². The van der Waals surface area contributed by atoms with E-state index in [2.05, 4.69) is 15.5 Å². The lowest BCUT2D eigenvalue weighted by Gasteiger charge is -2.17. The van der Waals surface area contributed by atoms with Crippen LogP contribution in [0.3, 0.4) is 0 Å². The maximum absolute atomic E-state index is 13.3. The summed E-state index contributed by atoms with van der Waals surface area (Å²) in [5, 5.41) is 12.4. The topological polar surface area (TPSA) is 91.0 Å². The zero-order valence-corrected chi connectivity index (χ0v) is 18.0. The Balaban J connectivity index is 1.96. The number of carbonyl (C=O) groups excluding carboxylic acids is 1. The summed E-state index contributed by atoms with van der Waals surface area (Å²) in [6.45, 7) is 9.22. The molecule has 1 aromatic carbocycles. The smallest absolute Gasteiger partial charge is 0.278 e. The highest BCUT2D eigenvalue weighted by Gasteiger charge is 2.25. The molecule has 0 aliphatic heterocycles. The van der Waals surface area contributed by atoms with Gasteiger partial charge in [-0.15, -0.1) is 0 Å². The third-order valence-corrected chi connectivity index (χ3v) is 5.09. The van der Waals surface area contributed by atoms with Gasteiger partial charge in [0.2, 0.25) is 5.91 Å². The second-order valence-corrected chi connectivity index (χ2v) is 7.16. The lowest BCUT2D eigenvalue weighted by Crippen LogP contribution is -2.39. The van der Waals surface area contributed by atoms with Crippen molar-refractivity contribution < 1.29 is 9.53 Å². The molecule has 2 heterocycles. The van der Waals surface area contributed by atoms with E-state index in [9.17, 15) is 9.59 Å². The number of hydrogen-bond donors (Lipinski definition) is 1. The van der Waals surface area contributed by atoms with E-state index in [4.69, 9.17) is 4.74 Å². The van der Waals surface area contributed by atoms with E-state index >= 15 is 0 Å². The molecule has 0 bridgehead atoms. The van der Waals surface area contributed by atoms with Gasteiger partial charge in [-0.1, -0.05) is 25.1 Å². The van der Waals surface area contributed by atoms with Crippen LogP contribution >= 0.6 is 0 Å². The predicted molar refractivity (Wildman–Crippen MR) is 116 cm³/mol. The van der Waals surface area contributed by atoms with Crippen molar-refractivity contribution in [3.8, 4) is 5.69 Å². The summed E-state index contributed by atoms with van der Waals surface area (Å²) in [6.07, 6.45) is 1.18. The summed E-state index contributed by atoms with van der Waals surface area (Å²) in [7, 11) is 0. The molecule has 1 atom stereocenters. The number of aryl methyl sites for hydroxylation is 2. The van der Waals surface area contributed by atoms with Crippen molar-refractivity contribution in [2.45, 2.75) is 46.6 Å². The number of rotatable bonds is 9. The Morgan fingerprint density at radius 2 is 1.90 bits per heavy atom. The molecule has 30 heavy (non-hydrogen) atoms. The van der Waals surface area contributed by atoms with Crippen LogP contribution in [-0.2, 0) is 9.53 Å². The van der Waals surface area contributed by atoms with E-state index < -0.39 is 6.04 Å². The standard InChI is InChI=1S/C22H29N5O3/c1-5-18(21(28)23-13-10-14-30-6-2)27-22(29)19-16(4)26(17-11-8-7-9-12-17)25-20(19)15(3)24-27/h7-9,11-12,18H,5-6,10,13-14H2,1-4H3,(H,23,28)/t18-/m1/s1. The summed E-state index contributed by atoms with van der Waals surface area (Å²) in [6, 6.07) is 8.98. The average molecular weight is 412 g/mol. The largest absolute Gasteiger partial charge is 0.382 e. The Bertz CT molecular complexity index is 1070. The molecule has 0 radical (unpaired) electrons. The molecular formula is C22H29N5O3. The molecule has 8 nitrogen and oxygen atoms in total. The van der Waals surface area contributed by atoms with Gasteiger partial charge in [-0.25, -0.2) is 9.36 Å². The number of aromatic nitrogens is 4. The van der Waals surface area contributed by atoms with Gasteiger partial charge < -0.3 is 10.1 Å². The van der Waals surface area contributed by atoms with Crippen LogP contribution in [-0.4, -0.2) is 45.2 Å². The molecule has 0 saturated carbocycles. The second-order valence-electron chi connectivity index (χ2n) is 7.16. The molecule has 8 heteroatoms. The average Bonchev–Trinajstić information content (AvgIpc) is 3.10. The van der Waals surface area contributed by atoms with Crippen molar-refractivity contribution in [2.24, 2.45) is 0 Å². The third-order valence-electron chi connectivity index (χ3n) is 5.09. The number of benzene rings is 1. The van der Waals surface area contributed by atoms with Crippen molar-refractivity contribution in [3.63, 3.8) is 0 Å². The number of para-hydroxylation sites is 1. The first-order valence-electron chi connectivity index (χ1n) is 10.4. The highest BCUT2D eigenvalue weighted by molar-refractivity contribution is 5.84. The molecule has 0 unspecified atom stereocenters. The minimum Gasteiger partial charge on any atom is -0.382 e. The Morgan fingerprint density at radius 1 is 1.17 bits per heavy atom. The first-order chi connectivity index (χ1) is 14.5. The van der Waals surface area contributed by atoms with E-state index in [0.717, 1.165) is 17.8 Å². The Morgan fingerprint density at radius 3 is 2.57 bits per heavy atom. The lowest BCUT2D eigenvalue weighted by molar-refractivity contribution is -0.124. The van der Waals surface area contributed by atoms with E-state index in [1.54, 1.807) is 4.68 Å². The number of fused-ring (bicyclic) bond motifs is 1. The molecular weight excluding hydrogens is 382 g/mol. The molecule has 160 valence electrons. The Hall–Kier alpha value is -3.00. The van der Waals surface area contributed by atoms with Gasteiger partial charge in [0.15, 0.2) is 0 Å². The first-order valence-corrected chi connectivity index (χ1v) is 10.4. The maximum atomic E-state index is 13.3. The SMILES string of the molecule is CCOCCCNC(=O)[C@@H](CC)n1nc(C)c2nn(-c3ccccc3)c(C)c2c1=O. The normalized spacial score (nSPS) is 12.3. The van der Waals surface area contributed by atoms with Gasteiger partial charge in [0.05, 0.1) is 22.5 Å². The number of ether oxygens (including phenoxy) is 1. The maximum Gasteiger partial charge on any atom is 0.278 e. The molecule has 0 saturated heterocycles. The quantitative estimate of drug-likeness (QED) is 0.547. The second kappa shape index (κ2) is 9.67. The van der Waals surface area contributed by atoms with Crippen LogP contribution in [0.25, 0.3) is 16.6 Å². The van der Waals surface area contributed by atoms with Crippen LogP contribution in [0.2, 0.25) is 0 Å². The number of nitrogens with one attached hydrogen (secondary N) is 1. The van der Waals surface area contributed by atoms with Crippen molar-refractivity contribution in [2.75, 3.05) is 19.8 Å². The Kier molecular flexibility index (Phi) is 6.99. The summed E-state index contributed by atoms with van der Waals surface area (Å²) in [5.74, 6) is -0.213. The minimum absolute atomic E-state index is 0.213. The monoisotopic (exact) mass is 411 g/mol. The molecule has 0 aliphatic rings. The van der Waals surface area contributed by atoms with Gasteiger partial charge in [-0.05, 0) is 45.7 Å². The third kappa shape index (κ3) is 4.28. The van der Waals surface area contributed by atoms with E-state index in [-0.39, 0.29) is 11.5 Å². The summed E-state index contributed by atoms with van der Waals surface area (Å²) < 4.78 is 8.35. The number of nitrogens with zero attached hydrogens (tertiary/aromatic N) is 4. The zero-order chi connectivity index (χ0) is 21.7. The van der Waals surface area contributed by atoms with Crippen LogP contribution in [0.4, 0.5) is 0 Å². The molecule has 1 N–H and O–H groups in total. The van der Waals surface area contributed by atoms with Crippen molar-refractivity contribution in [3.05, 3.63) is 52.1 Å². The van der Waals surface area contributed by atoms with Crippen LogP contribution < -0.4 is 10.9 Å². The van der Waals surface area contributed by atoms with Crippen LogP contribution in [0.1, 0.15) is 44.1 Å². The molecule has 3 rings (SSSR count). The summed E-state index contributed by atoms with van der Waals surface area (Å²) in [4.78, 5) is 26.1. The fraction of sp³-hybridized carbons (Fsp3) is 0.455. The van der Waals surface area contributed by atoms with Crippen molar-refractivity contribution in [1.29, 1.82) is 0 Å². The molecule has 2 aromatic heterocycles.